The zero-order chi connectivity index (χ0) is 15.2. The Morgan fingerprint density at radius 1 is 1.30 bits per heavy atom. The number of aliphatic carboxylic acids is 1. The van der Waals surface area contributed by atoms with Crippen molar-refractivity contribution in [3.8, 4) is 0 Å². The molecule has 0 aromatic heterocycles. The molecule has 1 aliphatic rings. The second-order valence-corrected chi connectivity index (χ2v) is 6.38. The molecule has 4 N–H and O–H groups in total. The quantitative estimate of drug-likeness (QED) is 0.667. The van der Waals surface area contributed by atoms with E-state index < -0.39 is 11.5 Å². The fourth-order valence-corrected chi connectivity index (χ4v) is 3.17. The molecule has 20 heavy (non-hydrogen) atoms. The minimum Gasteiger partial charge on any atom is -0.480 e. The van der Waals surface area contributed by atoms with Gasteiger partial charge < -0.3 is 16.2 Å². The molecule has 0 bridgehead atoms. The van der Waals surface area contributed by atoms with E-state index in [0.717, 1.165) is 25.7 Å². The molecule has 0 heterocycles. The van der Waals surface area contributed by atoms with Gasteiger partial charge in [0, 0.05) is 6.42 Å². The monoisotopic (exact) mass is 284 g/mol. The zero-order valence-electron chi connectivity index (χ0n) is 12.7. The van der Waals surface area contributed by atoms with Gasteiger partial charge in [0.1, 0.15) is 5.54 Å². The largest absolute Gasteiger partial charge is 0.480 e. The minimum absolute atomic E-state index is 0.131. The van der Waals surface area contributed by atoms with Crippen LogP contribution in [0.15, 0.2) is 0 Å². The van der Waals surface area contributed by atoms with Gasteiger partial charge in [0.15, 0.2) is 0 Å². The lowest BCUT2D eigenvalue weighted by Crippen LogP contribution is -2.53. The Labute approximate surface area is 121 Å². The van der Waals surface area contributed by atoms with E-state index in [-0.39, 0.29) is 11.3 Å². The molecule has 1 amide bonds. The van der Waals surface area contributed by atoms with E-state index >= 15 is 0 Å². The van der Waals surface area contributed by atoms with E-state index in [1.54, 1.807) is 6.92 Å². The van der Waals surface area contributed by atoms with E-state index in [0.29, 0.717) is 25.8 Å². The van der Waals surface area contributed by atoms with Crippen molar-refractivity contribution in [1.29, 1.82) is 0 Å². The van der Waals surface area contributed by atoms with Crippen LogP contribution in [-0.2, 0) is 9.59 Å². The Morgan fingerprint density at radius 2 is 1.90 bits per heavy atom. The van der Waals surface area contributed by atoms with Crippen molar-refractivity contribution < 1.29 is 14.7 Å². The molecular weight excluding hydrogens is 256 g/mol. The van der Waals surface area contributed by atoms with Crippen molar-refractivity contribution in [2.24, 2.45) is 11.1 Å². The number of carboxylic acids is 1. The fourth-order valence-electron chi connectivity index (χ4n) is 3.17. The molecule has 1 aliphatic carbocycles. The van der Waals surface area contributed by atoms with Gasteiger partial charge in [-0.25, -0.2) is 4.79 Å². The number of hydrogen-bond acceptors (Lipinski definition) is 3. The number of hydrogen-bond donors (Lipinski definition) is 3. The van der Waals surface area contributed by atoms with Crippen LogP contribution < -0.4 is 11.1 Å². The lowest BCUT2D eigenvalue weighted by atomic mass is 9.71. The Kier molecular flexibility index (Phi) is 5.99. The van der Waals surface area contributed by atoms with E-state index in [4.69, 9.17) is 5.73 Å². The molecule has 1 atom stereocenters. The van der Waals surface area contributed by atoms with E-state index in [2.05, 4.69) is 5.32 Å². The van der Waals surface area contributed by atoms with Crippen LogP contribution in [0.1, 0.15) is 65.2 Å². The highest BCUT2D eigenvalue weighted by molar-refractivity contribution is 5.86. The molecule has 1 rings (SSSR count). The fraction of sp³-hybridized carbons (Fsp3) is 0.867. The maximum Gasteiger partial charge on any atom is 0.329 e. The van der Waals surface area contributed by atoms with Gasteiger partial charge in [-0.05, 0) is 38.1 Å². The Balaban J connectivity index is 2.67. The predicted octanol–water partition coefficient (Wildman–Crippen LogP) is 2.05. The summed E-state index contributed by atoms with van der Waals surface area (Å²) in [5.41, 5.74) is 4.57. The number of nitrogens with one attached hydrogen (secondary N) is 1. The first kappa shape index (κ1) is 17.0. The summed E-state index contributed by atoms with van der Waals surface area (Å²) >= 11 is 0. The van der Waals surface area contributed by atoms with Gasteiger partial charge in [0.05, 0.1) is 0 Å². The second-order valence-electron chi connectivity index (χ2n) is 6.38. The standard InChI is InChI=1S/C15H28N2O3/c1-3-7-14(2,13(19)20)17-12(18)10-15(11-16)8-5-4-6-9-15/h3-11,16H2,1-2H3,(H,17,18)(H,19,20). The van der Waals surface area contributed by atoms with Crippen LogP contribution in [-0.4, -0.2) is 29.1 Å². The number of amides is 1. The third kappa shape index (κ3) is 4.20. The SMILES string of the molecule is CCCC(C)(NC(=O)CC1(CN)CCCCC1)C(=O)O. The molecule has 0 radical (unpaired) electrons. The molecule has 1 saturated carbocycles. The summed E-state index contributed by atoms with van der Waals surface area (Å²) in [5, 5.41) is 12.0. The van der Waals surface area contributed by atoms with E-state index in [1.165, 1.54) is 6.42 Å². The smallest absolute Gasteiger partial charge is 0.329 e. The third-order valence-electron chi connectivity index (χ3n) is 4.52. The molecule has 0 spiro atoms. The normalized spacial score (nSPS) is 20.9. The summed E-state index contributed by atoms with van der Waals surface area (Å²) in [6, 6.07) is 0. The van der Waals surface area contributed by atoms with Crippen LogP contribution in [0.4, 0.5) is 0 Å². The van der Waals surface area contributed by atoms with Gasteiger partial charge in [0.2, 0.25) is 5.91 Å². The Morgan fingerprint density at radius 3 is 2.35 bits per heavy atom. The number of nitrogens with two attached hydrogens (primary N) is 1. The number of carbonyl (C=O) groups excluding carboxylic acids is 1. The first-order chi connectivity index (χ1) is 9.37. The van der Waals surface area contributed by atoms with Gasteiger partial charge in [0.25, 0.3) is 0 Å². The van der Waals surface area contributed by atoms with Crippen LogP contribution in [0.2, 0.25) is 0 Å². The summed E-state index contributed by atoms with van der Waals surface area (Å²) in [6.45, 7) is 3.99. The Bertz CT molecular complexity index is 351. The first-order valence-electron chi connectivity index (χ1n) is 7.62. The Hall–Kier alpha value is -1.10. The van der Waals surface area contributed by atoms with E-state index in [9.17, 15) is 14.7 Å². The van der Waals surface area contributed by atoms with E-state index in [1.807, 2.05) is 6.92 Å². The molecule has 0 aromatic rings. The topological polar surface area (TPSA) is 92.4 Å². The molecular formula is C15H28N2O3. The molecule has 0 aliphatic heterocycles. The maximum absolute atomic E-state index is 12.2. The summed E-state index contributed by atoms with van der Waals surface area (Å²) in [7, 11) is 0. The molecule has 1 fully saturated rings. The van der Waals surface area contributed by atoms with Crippen molar-refractivity contribution in [2.75, 3.05) is 6.54 Å². The summed E-state index contributed by atoms with van der Waals surface area (Å²) < 4.78 is 0. The van der Waals surface area contributed by atoms with Gasteiger partial charge >= 0.3 is 5.97 Å². The van der Waals surface area contributed by atoms with Crippen LogP contribution in [0.25, 0.3) is 0 Å². The first-order valence-corrected chi connectivity index (χ1v) is 7.62. The molecule has 5 nitrogen and oxygen atoms in total. The molecule has 5 heteroatoms. The maximum atomic E-state index is 12.2. The van der Waals surface area contributed by atoms with Crippen LogP contribution in [0.3, 0.4) is 0 Å². The van der Waals surface area contributed by atoms with Crippen molar-refractivity contribution >= 4 is 11.9 Å². The summed E-state index contributed by atoms with van der Waals surface area (Å²) in [4.78, 5) is 23.6. The molecule has 1 unspecified atom stereocenters. The summed E-state index contributed by atoms with van der Waals surface area (Å²) in [6.07, 6.45) is 6.84. The van der Waals surface area contributed by atoms with Gasteiger partial charge in [-0.15, -0.1) is 0 Å². The average molecular weight is 284 g/mol. The predicted molar refractivity (Wildman–Crippen MR) is 78.3 cm³/mol. The second kappa shape index (κ2) is 7.07. The zero-order valence-corrected chi connectivity index (χ0v) is 12.7. The van der Waals surface area contributed by atoms with Crippen molar-refractivity contribution in [3.63, 3.8) is 0 Å². The number of rotatable bonds is 7. The van der Waals surface area contributed by atoms with Crippen molar-refractivity contribution in [1.82, 2.24) is 5.32 Å². The van der Waals surface area contributed by atoms with Crippen molar-refractivity contribution in [2.45, 2.75) is 70.8 Å². The lowest BCUT2D eigenvalue weighted by Gasteiger charge is -2.36. The summed E-state index contributed by atoms with van der Waals surface area (Å²) in [5.74, 6) is -1.16. The van der Waals surface area contributed by atoms with Crippen LogP contribution in [0.5, 0.6) is 0 Å². The van der Waals surface area contributed by atoms with Gasteiger partial charge in [-0.2, -0.15) is 0 Å². The lowest BCUT2D eigenvalue weighted by molar-refractivity contribution is -0.147. The van der Waals surface area contributed by atoms with Gasteiger partial charge in [-0.3, -0.25) is 4.79 Å². The van der Waals surface area contributed by atoms with Crippen LogP contribution >= 0.6 is 0 Å². The molecule has 116 valence electrons. The highest BCUT2D eigenvalue weighted by atomic mass is 16.4. The molecule has 0 saturated heterocycles. The minimum atomic E-state index is -1.17. The average Bonchev–Trinajstić information content (AvgIpc) is 2.39. The van der Waals surface area contributed by atoms with Crippen LogP contribution in [0, 0.1) is 5.41 Å². The number of carbonyl (C=O) groups is 2. The highest BCUT2D eigenvalue weighted by Gasteiger charge is 2.38. The highest BCUT2D eigenvalue weighted by Crippen LogP contribution is 2.38. The van der Waals surface area contributed by atoms with Crippen molar-refractivity contribution in [3.05, 3.63) is 0 Å². The number of carboxylic acid groups (broad SMARTS) is 1. The molecule has 0 aromatic carbocycles. The third-order valence-corrected chi connectivity index (χ3v) is 4.52. The van der Waals surface area contributed by atoms with Gasteiger partial charge in [-0.1, -0.05) is 32.6 Å².